The van der Waals surface area contributed by atoms with E-state index in [1.807, 2.05) is 35.2 Å². The normalized spacial score (nSPS) is 18.9. The molecule has 2 aliphatic heterocycles. The highest BCUT2D eigenvalue weighted by atomic mass is 16.5. The summed E-state index contributed by atoms with van der Waals surface area (Å²) in [6.45, 7) is 7.21. The molecule has 30 heavy (non-hydrogen) atoms. The zero-order valence-corrected chi connectivity index (χ0v) is 17.8. The molecule has 0 saturated carbocycles. The number of benzene rings is 2. The SMILES string of the molecule is CN1CCN(CC#CCOC2CCN(C(=O)c3cccc4ccccc34)CC2)CC1. The third-order valence-electron chi connectivity index (χ3n) is 6.16. The summed E-state index contributed by atoms with van der Waals surface area (Å²) in [7, 11) is 2.16. The Labute approximate surface area is 179 Å². The average molecular weight is 406 g/mol. The van der Waals surface area contributed by atoms with Gasteiger partial charge < -0.3 is 14.5 Å². The number of piperidine rings is 1. The van der Waals surface area contributed by atoms with E-state index in [0.29, 0.717) is 6.61 Å². The van der Waals surface area contributed by atoms with Crippen molar-refractivity contribution in [2.75, 3.05) is 59.5 Å². The zero-order valence-electron chi connectivity index (χ0n) is 17.8. The van der Waals surface area contributed by atoms with Crippen molar-refractivity contribution >= 4 is 16.7 Å². The van der Waals surface area contributed by atoms with Gasteiger partial charge in [-0.05, 0) is 36.7 Å². The van der Waals surface area contributed by atoms with Crippen LogP contribution in [0.5, 0.6) is 0 Å². The van der Waals surface area contributed by atoms with E-state index in [9.17, 15) is 4.79 Å². The summed E-state index contributed by atoms with van der Waals surface area (Å²) in [5.41, 5.74) is 0.794. The van der Waals surface area contributed by atoms with Crippen LogP contribution >= 0.6 is 0 Å². The highest BCUT2D eigenvalue weighted by Gasteiger charge is 2.24. The first-order valence-electron chi connectivity index (χ1n) is 11.0. The summed E-state index contributed by atoms with van der Waals surface area (Å²) in [6.07, 6.45) is 1.94. The predicted molar refractivity (Wildman–Crippen MR) is 121 cm³/mol. The van der Waals surface area contributed by atoms with Crippen LogP contribution in [0.2, 0.25) is 0 Å². The monoisotopic (exact) mass is 405 g/mol. The molecule has 2 aromatic rings. The van der Waals surface area contributed by atoms with Gasteiger partial charge in [0.1, 0.15) is 6.61 Å². The van der Waals surface area contributed by atoms with Gasteiger partial charge in [-0.1, -0.05) is 48.2 Å². The maximum atomic E-state index is 13.0. The van der Waals surface area contributed by atoms with Crippen molar-refractivity contribution in [1.82, 2.24) is 14.7 Å². The van der Waals surface area contributed by atoms with Crippen molar-refractivity contribution in [3.8, 4) is 11.8 Å². The van der Waals surface area contributed by atoms with Crippen LogP contribution in [0.4, 0.5) is 0 Å². The molecule has 0 N–H and O–H groups in total. The van der Waals surface area contributed by atoms with Crippen molar-refractivity contribution < 1.29 is 9.53 Å². The van der Waals surface area contributed by atoms with Crippen molar-refractivity contribution in [2.45, 2.75) is 18.9 Å². The van der Waals surface area contributed by atoms with Gasteiger partial charge in [0.2, 0.25) is 0 Å². The molecule has 5 heteroatoms. The number of hydrogen-bond acceptors (Lipinski definition) is 4. The second kappa shape index (κ2) is 10.1. The lowest BCUT2D eigenvalue weighted by Crippen LogP contribution is -2.44. The molecule has 0 aromatic heterocycles. The Bertz CT molecular complexity index is 911. The molecule has 0 unspecified atom stereocenters. The van der Waals surface area contributed by atoms with Crippen LogP contribution in [0.3, 0.4) is 0 Å². The third-order valence-corrected chi connectivity index (χ3v) is 6.16. The largest absolute Gasteiger partial charge is 0.365 e. The number of likely N-dealkylation sites (tertiary alicyclic amines) is 1. The molecule has 0 bridgehead atoms. The predicted octanol–water partition coefficient (Wildman–Crippen LogP) is 2.71. The van der Waals surface area contributed by atoms with Crippen LogP contribution in [0, 0.1) is 11.8 Å². The molecule has 2 aromatic carbocycles. The average Bonchev–Trinajstić information content (AvgIpc) is 2.80. The molecule has 2 aliphatic rings. The molecule has 4 rings (SSSR count). The van der Waals surface area contributed by atoms with Crippen molar-refractivity contribution in [1.29, 1.82) is 0 Å². The van der Waals surface area contributed by atoms with Gasteiger partial charge in [0.25, 0.3) is 5.91 Å². The number of amides is 1. The van der Waals surface area contributed by atoms with E-state index in [4.69, 9.17) is 4.74 Å². The second-order valence-electron chi connectivity index (χ2n) is 8.26. The number of hydrogen-bond donors (Lipinski definition) is 0. The van der Waals surface area contributed by atoms with E-state index < -0.39 is 0 Å². The molecule has 158 valence electrons. The minimum atomic E-state index is 0.122. The topological polar surface area (TPSA) is 36.0 Å². The third kappa shape index (κ3) is 5.20. The number of nitrogens with zero attached hydrogens (tertiary/aromatic N) is 3. The molecule has 0 radical (unpaired) electrons. The summed E-state index contributed by atoms with van der Waals surface area (Å²) in [5, 5.41) is 2.13. The maximum Gasteiger partial charge on any atom is 0.254 e. The Balaban J connectivity index is 1.21. The Morgan fingerprint density at radius 1 is 0.967 bits per heavy atom. The van der Waals surface area contributed by atoms with E-state index in [2.05, 4.69) is 40.8 Å². The van der Waals surface area contributed by atoms with Crippen LogP contribution in [0.15, 0.2) is 42.5 Å². The van der Waals surface area contributed by atoms with Gasteiger partial charge in [-0.3, -0.25) is 9.69 Å². The first-order chi connectivity index (χ1) is 14.7. The Morgan fingerprint density at radius 2 is 1.70 bits per heavy atom. The molecule has 0 spiro atoms. The van der Waals surface area contributed by atoms with Crippen LogP contribution in [0.25, 0.3) is 10.8 Å². The number of ether oxygens (including phenoxy) is 1. The van der Waals surface area contributed by atoms with Crippen LogP contribution in [-0.4, -0.2) is 86.2 Å². The first kappa shape index (κ1) is 20.9. The van der Waals surface area contributed by atoms with Crippen LogP contribution in [0.1, 0.15) is 23.2 Å². The van der Waals surface area contributed by atoms with Crippen molar-refractivity contribution in [2.24, 2.45) is 0 Å². The molecular formula is C25H31N3O2. The highest BCUT2D eigenvalue weighted by Crippen LogP contribution is 2.22. The van der Waals surface area contributed by atoms with E-state index in [1.165, 1.54) is 0 Å². The lowest BCUT2D eigenvalue weighted by Gasteiger charge is -2.32. The highest BCUT2D eigenvalue weighted by molar-refractivity contribution is 6.07. The van der Waals surface area contributed by atoms with E-state index in [1.54, 1.807) is 0 Å². The van der Waals surface area contributed by atoms with Crippen LogP contribution in [-0.2, 0) is 4.74 Å². The van der Waals surface area contributed by atoms with Gasteiger partial charge in [0.15, 0.2) is 0 Å². The number of carbonyl (C=O) groups excluding carboxylic acids is 1. The second-order valence-corrected chi connectivity index (χ2v) is 8.26. The van der Waals surface area contributed by atoms with Gasteiger partial charge in [0.05, 0.1) is 12.6 Å². The molecule has 1 amide bonds. The molecule has 5 nitrogen and oxygen atoms in total. The summed E-state index contributed by atoms with van der Waals surface area (Å²) in [5.74, 6) is 6.53. The van der Waals surface area contributed by atoms with Crippen molar-refractivity contribution in [3.05, 3.63) is 48.0 Å². The molecule has 0 aliphatic carbocycles. The van der Waals surface area contributed by atoms with Gasteiger partial charge in [-0.25, -0.2) is 0 Å². The molecule has 2 fully saturated rings. The standard InChI is InChI=1S/C25H31N3O2/c1-26-16-18-27(19-17-26)13-4-5-20-30-22-11-14-28(15-12-22)25(29)24-10-6-8-21-7-2-3-9-23(21)24/h2-3,6-10,22H,11-20H2,1H3. The molecule has 2 saturated heterocycles. The van der Waals surface area contributed by atoms with Gasteiger partial charge >= 0.3 is 0 Å². The summed E-state index contributed by atoms with van der Waals surface area (Å²) < 4.78 is 5.96. The van der Waals surface area contributed by atoms with Gasteiger partial charge in [-0.15, -0.1) is 0 Å². The number of likely N-dealkylation sites (N-methyl/N-ethyl adjacent to an activating group) is 1. The fraction of sp³-hybridized carbons (Fsp3) is 0.480. The Morgan fingerprint density at radius 3 is 2.50 bits per heavy atom. The summed E-state index contributed by atoms with van der Waals surface area (Å²) in [6, 6.07) is 14.0. The lowest BCUT2D eigenvalue weighted by molar-refractivity contribution is 0.0231. The summed E-state index contributed by atoms with van der Waals surface area (Å²) >= 11 is 0. The minimum absolute atomic E-state index is 0.122. The number of fused-ring (bicyclic) bond motifs is 1. The maximum absolute atomic E-state index is 13.0. The number of piperazine rings is 1. The first-order valence-corrected chi connectivity index (χ1v) is 11.0. The van der Waals surface area contributed by atoms with Gasteiger partial charge in [-0.2, -0.15) is 0 Å². The summed E-state index contributed by atoms with van der Waals surface area (Å²) in [4.78, 5) is 19.7. The molecule has 2 heterocycles. The minimum Gasteiger partial charge on any atom is -0.365 e. The van der Waals surface area contributed by atoms with E-state index in [0.717, 1.165) is 75.0 Å². The lowest BCUT2D eigenvalue weighted by atomic mass is 10.0. The van der Waals surface area contributed by atoms with E-state index in [-0.39, 0.29) is 12.0 Å². The molecule has 0 atom stereocenters. The molecular weight excluding hydrogens is 374 g/mol. The van der Waals surface area contributed by atoms with Gasteiger partial charge in [0, 0.05) is 44.8 Å². The number of carbonyl (C=O) groups is 1. The van der Waals surface area contributed by atoms with E-state index >= 15 is 0 Å². The fourth-order valence-electron chi connectivity index (χ4n) is 4.19. The Hall–Kier alpha value is -2.39. The Kier molecular flexibility index (Phi) is 7.01. The van der Waals surface area contributed by atoms with Crippen LogP contribution < -0.4 is 0 Å². The number of rotatable bonds is 4. The smallest absolute Gasteiger partial charge is 0.254 e. The fourth-order valence-corrected chi connectivity index (χ4v) is 4.19. The quantitative estimate of drug-likeness (QED) is 0.733. The zero-order chi connectivity index (χ0) is 20.8. The van der Waals surface area contributed by atoms with Crippen molar-refractivity contribution in [3.63, 3.8) is 0 Å².